The topological polar surface area (TPSA) is 103 Å². The highest BCUT2D eigenvalue weighted by molar-refractivity contribution is 7.89. The summed E-state index contributed by atoms with van der Waals surface area (Å²) in [6.45, 7) is -0.0830. The summed E-state index contributed by atoms with van der Waals surface area (Å²) in [6.07, 6.45) is 0. The van der Waals surface area contributed by atoms with Crippen LogP contribution in [-0.4, -0.2) is 26.9 Å². The van der Waals surface area contributed by atoms with Crippen LogP contribution in [0.25, 0.3) is 0 Å². The molecular weight excluding hydrogens is 426 g/mol. The number of nitrogens with zero attached hydrogens (tertiary/aromatic N) is 3. The molecule has 32 heavy (non-hydrogen) atoms. The summed E-state index contributed by atoms with van der Waals surface area (Å²) >= 11 is 0. The predicted octanol–water partition coefficient (Wildman–Crippen LogP) is 3.84. The van der Waals surface area contributed by atoms with Crippen molar-refractivity contribution in [1.29, 1.82) is 10.5 Å². The molecule has 0 unspecified atom stereocenters. The van der Waals surface area contributed by atoms with Crippen molar-refractivity contribution in [3.8, 4) is 23.6 Å². The molecule has 162 valence electrons. The highest BCUT2D eigenvalue weighted by Crippen LogP contribution is 2.32. The molecule has 0 saturated heterocycles. The fourth-order valence-electron chi connectivity index (χ4n) is 3.27. The van der Waals surface area contributed by atoms with Crippen LogP contribution >= 0.6 is 0 Å². The van der Waals surface area contributed by atoms with Gasteiger partial charge in [0.25, 0.3) is 0 Å². The van der Waals surface area contributed by atoms with E-state index in [0.717, 1.165) is 0 Å². The van der Waals surface area contributed by atoms with Gasteiger partial charge >= 0.3 is 0 Å². The average Bonchev–Trinajstić information content (AvgIpc) is 2.83. The van der Waals surface area contributed by atoms with E-state index < -0.39 is 10.0 Å². The van der Waals surface area contributed by atoms with Crippen LogP contribution in [0.1, 0.15) is 22.3 Å². The Morgan fingerprint density at radius 3 is 1.75 bits per heavy atom. The van der Waals surface area contributed by atoms with Crippen molar-refractivity contribution in [2.45, 2.75) is 18.0 Å². The molecule has 0 radical (unpaired) electrons. The minimum absolute atomic E-state index is 0.0130. The lowest BCUT2D eigenvalue weighted by molar-refractivity contribution is 0.353. The summed E-state index contributed by atoms with van der Waals surface area (Å²) in [5, 5.41) is 18.9. The first kappa shape index (κ1) is 22.8. The Bertz CT molecular complexity index is 1250. The lowest BCUT2D eigenvalue weighted by Gasteiger charge is -2.24. The Labute approximate surface area is 187 Å². The molecule has 0 heterocycles. The molecule has 0 spiro atoms. The van der Waals surface area contributed by atoms with Crippen molar-refractivity contribution in [1.82, 2.24) is 4.31 Å². The van der Waals surface area contributed by atoms with Gasteiger partial charge in [-0.2, -0.15) is 14.8 Å². The van der Waals surface area contributed by atoms with Crippen LogP contribution in [0.15, 0.2) is 71.6 Å². The van der Waals surface area contributed by atoms with E-state index in [1.807, 2.05) is 0 Å². The number of methoxy groups -OCH3 is 2. The second-order valence-electron chi connectivity index (χ2n) is 6.83. The lowest BCUT2D eigenvalue weighted by Crippen LogP contribution is -2.31. The van der Waals surface area contributed by atoms with E-state index >= 15 is 0 Å². The van der Waals surface area contributed by atoms with Gasteiger partial charge in [-0.15, -0.1) is 0 Å². The van der Waals surface area contributed by atoms with Crippen LogP contribution in [0, 0.1) is 22.7 Å². The molecule has 7 nitrogen and oxygen atoms in total. The molecule has 0 aliphatic rings. The summed E-state index contributed by atoms with van der Waals surface area (Å²) in [7, 11) is -1.13. The molecule has 3 aromatic rings. The van der Waals surface area contributed by atoms with Crippen molar-refractivity contribution in [2.75, 3.05) is 14.2 Å². The zero-order chi connectivity index (χ0) is 23.1. The standard InChI is InChI=1S/C24H21N3O4S/c1-30-23-12-11-22(13-24(23)31-2)32(28,29)27(16-20-9-5-3-7-18(20)14-25)17-21-10-6-4-8-19(21)15-26/h3-13H,16-17H2,1-2H3. The van der Waals surface area contributed by atoms with Gasteiger partial charge in [0.2, 0.25) is 10.0 Å². The lowest BCUT2D eigenvalue weighted by atomic mass is 10.1. The first-order chi connectivity index (χ1) is 15.4. The van der Waals surface area contributed by atoms with Gasteiger partial charge < -0.3 is 9.47 Å². The molecule has 3 rings (SSSR count). The molecule has 8 heteroatoms. The van der Waals surface area contributed by atoms with Crippen molar-refractivity contribution in [3.05, 3.63) is 89.0 Å². The summed E-state index contributed by atoms with van der Waals surface area (Å²) in [5.41, 5.74) is 1.89. The maximum Gasteiger partial charge on any atom is 0.243 e. The van der Waals surface area contributed by atoms with Crippen molar-refractivity contribution in [2.24, 2.45) is 0 Å². The molecule has 0 aliphatic carbocycles. The number of ether oxygens (including phenoxy) is 2. The number of benzene rings is 3. The number of sulfonamides is 1. The zero-order valence-corrected chi connectivity index (χ0v) is 18.5. The van der Waals surface area contributed by atoms with E-state index in [-0.39, 0.29) is 23.7 Å². The molecule has 0 bridgehead atoms. The van der Waals surface area contributed by atoms with Gasteiger partial charge in [-0.25, -0.2) is 8.42 Å². The molecule has 0 atom stereocenters. The maximum absolute atomic E-state index is 13.7. The second-order valence-corrected chi connectivity index (χ2v) is 8.77. The van der Waals surface area contributed by atoms with Gasteiger partial charge in [-0.3, -0.25) is 0 Å². The Morgan fingerprint density at radius 2 is 1.28 bits per heavy atom. The van der Waals surface area contributed by atoms with Gasteiger partial charge in [-0.05, 0) is 35.4 Å². The Kier molecular flexibility index (Phi) is 7.11. The molecule has 0 amide bonds. The third kappa shape index (κ3) is 4.73. The first-order valence-corrected chi connectivity index (χ1v) is 11.1. The van der Waals surface area contributed by atoms with Crippen LogP contribution in [-0.2, 0) is 23.1 Å². The van der Waals surface area contributed by atoms with Crippen LogP contribution in [0.2, 0.25) is 0 Å². The smallest absolute Gasteiger partial charge is 0.243 e. The maximum atomic E-state index is 13.7. The largest absolute Gasteiger partial charge is 0.493 e. The van der Waals surface area contributed by atoms with E-state index in [9.17, 15) is 18.9 Å². The number of rotatable bonds is 8. The molecule has 0 aliphatic heterocycles. The first-order valence-electron chi connectivity index (χ1n) is 9.62. The van der Waals surface area contributed by atoms with Crippen molar-refractivity contribution < 1.29 is 17.9 Å². The normalized spacial score (nSPS) is 10.9. The van der Waals surface area contributed by atoms with Crippen molar-refractivity contribution >= 4 is 10.0 Å². The number of hydrogen-bond acceptors (Lipinski definition) is 6. The SMILES string of the molecule is COc1ccc(S(=O)(=O)N(Cc2ccccc2C#N)Cc2ccccc2C#N)cc1OC. The quantitative estimate of drug-likeness (QED) is 0.520. The Hall–Kier alpha value is -3.85. The predicted molar refractivity (Wildman–Crippen MR) is 118 cm³/mol. The van der Waals surface area contributed by atoms with Crippen molar-refractivity contribution in [3.63, 3.8) is 0 Å². The van der Waals surface area contributed by atoms with Gasteiger partial charge in [0.05, 0.1) is 42.4 Å². The molecule has 3 aromatic carbocycles. The zero-order valence-electron chi connectivity index (χ0n) is 17.6. The summed E-state index contributed by atoms with van der Waals surface area (Å²) in [5.74, 6) is 0.686. The minimum Gasteiger partial charge on any atom is -0.493 e. The van der Waals surface area contributed by atoms with Gasteiger partial charge in [0.15, 0.2) is 11.5 Å². The van der Waals surface area contributed by atoms with E-state index in [2.05, 4.69) is 12.1 Å². The third-order valence-electron chi connectivity index (χ3n) is 4.96. The fraction of sp³-hybridized carbons (Fsp3) is 0.167. The average molecular weight is 448 g/mol. The van der Waals surface area contributed by atoms with Crippen LogP contribution in [0.3, 0.4) is 0 Å². The third-order valence-corrected chi connectivity index (χ3v) is 6.75. The fourth-order valence-corrected chi connectivity index (χ4v) is 4.68. The number of nitriles is 2. The van der Waals surface area contributed by atoms with Gasteiger partial charge in [0.1, 0.15) is 0 Å². The number of hydrogen-bond donors (Lipinski definition) is 0. The van der Waals surface area contributed by atoms with E-state index in [0.29, 0.717) is 28.0 Å². The van der Waals surface area contributed by atoms with Crippen LogP contribution in [0.4, 0.5) is 0 Å². The highest BCUT2D eigenvalue weighted by atomic mass is 32.2. The minimum atomic E-state index is -4.03. The Balaban J connectivity index is 2.11. The molecule has 0 aromatic heterocycles. The molecule has 0 N–H and O–H groups in total. The van der Waals surface area contributed by atoms with E-state index in [1.54, 1.807) is 48.5 Å². The monoisotopic (exact) mass is 447 g/mol. The van der Waals surface area contributed by atoms with Gasteiger partial charge in [-0.1, -0.05) is 36.4 Å². The van der Waals surface area contributed by atoms with Crippen LogP contribution in [0.5, 0.6) is 11.5 Å². The van der Waals surface area contributed by atoms with E-state index in [1.165, 1.54) is 36.7 Å². The summed E-state index contributed by atoms with van der Waals surface area (Å²) in [6, 6.07) is 22.2. The molecular formula is C24H21N3O4S. The van der Waals surface area contributed by atoms with Crippen LogP contribution < -0.4 is 9.47 Å². The Morgan fingerprint density at radius 1 is 0.781 bits per heavy atom. The second kappa shape index (κ2) is 9.97. The summed E-state index contributed by atoms with van der Waals surface area (Å²) in [4.78, 5) is 0.0130. The van der Waals surface area contributed by atoms with Gasteiger partial charge in [0, 0.05) is 19.2 Å². The highest BCUT2D eigenvalue weighted by Gasteiger charge is 2.27. The molecule has 0 fully saturated rings. The summed E-state index contributed by atoms with van der Waals surface area (Å²) < 4.78 is 39.1. The van der Waals surface area contributed by atoms with E-state index in [4.69, 9.17) is 9.47 Å². The molecule has 0 saturated carbocycles.